The third-order valence-electron chi connectivity index (χ3n) is 2.64. The maximum absolute atomic E-state index is 9.01. The summed E-state index contributed by atoms with van der Waals surface area (Å²) in [7, 11) is 0. The van der Waals surface area contributed by atoms with Crippen molar-refractivity contribution in [3.05, 3.63) is 54.6 Å². The van der Waals surface area contributed by atoms with Gasteiger partial charge in [-0.3, -0.25) is 0 Å². The van der Waals surface area contributed by atoms with Crippen molar-refractivity contribution in [2.24, 2.45) is 5.73 Å². The highest BCUT2D eigenvalue weighted by Gasteiger charge is 2.05. The minimum atomic E-state index is -0.825. The van der Waals surface area contributed by atoms with Crippen LogP contribution in [0.1, 0.15) is 6.42 Å². The molecule has 0 saturated carbocycles. The fourth-order valence-electron chi connectivity index (χ4n) is 1.74. The molecule has 0 aromatic heterocycles. The Morgan fingerprint density at radius 2 is 1.67 bits per heavy atom. The number of hydrogen-bond donors (Lipinski definition) is 2. The summed E-state index contributed by atoms with van der Waals surface area (Å²) in [6, 6.07) is 17.9. The quantitative estimate of drug-likeness (QED) is 0.793. The fraction of sp³-hybridized carbons (Fsp3) is 0.200. The van der Waals surface area contributed by atoms with Gasteiger partial charge in [0.25, 0.3) is 0 Å². The van der Waals surface area contributed by atoms with E-state index in [-0.39, 0.29) is 0 Å². The lowest BCUT2D eigenvalue weighted by Crippen LogP contribution is -2.21. The van der Waals surface area contributed by atoms with Crippen LogP contribution in [0, 0.1) is 0 Å². The van der Waals surface area contributed by atoms with E-state index < -0.39 is 6.23 Å². The molecule has 0 amide bonds. The van der Waals surface area contributed by atoms with E-state index >= 15 is 0 Å². The van der Waals surface area contributed by atoms with E-state index in [2.05, 4.69) is 0 Å². The Balaban J connectivity index is 2.16. The number of aliphatic hydroxyl groups excluding tert-OH is 1. The van der Waals surface area contributed by atoms with Crippen LogP contribution in [0.5, 0.6) is 5.75 Å². The Labute approximate surface area is 107 Å². The summed E-state index contributed by atoms with van der Waals surface area (Å²) in [5.74, 6) is 0.810. The average molecular weight is 243 g/mol. The molecule has 0 radical (unpaired) electrons. The van der Waals surface area contributed by atoms with Crippen LogP contribution in [0.15, 0.2) is 54.6 Å². The zero-order chi connectivity index (χ0) is 12.8. The van der Waals surface area contributed by atoms with E-state index in [1.165, 1.54) is 0 Å². The summed E-state index contributed by atoms with van der Waals surface area (Å²) < 4.78 is 5.66. The molecule has 0 aliphatic rings. The monoisotopic (exact) mass is 243 g/mol. The Morgan fingerprint density at radius 1 is 1.00 bits per heavy atom. The van der Waals surface area contributed by atoms with E-state index in [1.54, 1.807) is 0 Å². The summed E-state index contributed by atoms with van der Waals surface area (Å²) in [6.07, 6.45) is -0.405. The number of hydrogen-bond acceptors (Lipinski definition) is 3. The molecule has 0 saturated heterocycles. The number of ether oxygens (including phenoxy) is 1. The van der Waals surface area contributed by atoms with E-state index in [1.807, 2.05) is 54.6 Å². The lowest BCUT2D eigenvalue weighted by molar-refractivity contribution is 0.145. The van der Waals surface area contributed by atoms with Gasteiger partial charge in [-0.15, -0.1) is 0 Å². The van der Waals surface area contributed by atoms with Gasteiger partial charge in [0.2, 0.25) is 0 Å². The Kier molecular flexibility index (Phi) is 4.34. The van der Waals surface area contributed by atoms with Crippen LogP contribution in [-0.2, 0) is 0 Å². The zero-order valence-corrected chi connectivity index (χ0v) is 10.1. The van der Waals surface area contributed by atoms with Gasteiger partial charge in [-0.1, -0.05) is 48.5 Å². The molecule has 94 valence electrons. The predicted molar refractivity (Wildman–Crippen MR) is 72.2 cm³/mol. The molecule has 3 N–H and O–H groups in total. The number of rotatable bonds is 5. The highest BCUT2D eigenvalue weighted by Crippen LogP contribution is 2.29. The van der Waals surface area contributed by atoms with Crippen molar-refractivity contribution in [2.45, 2.75) is 12.6 Å². The topological polar surface area (TPSA) is 55.5 Å². The first-order valence-electron chi connectivity index (χ1n) is 5.98. The van der Waals surface area contributed by atoms with Gasteiger partial charge in [-0.25, -0.2) is 0 Å². The van der Waals surface area contributed by atoms with Crippen LogP contribution in [-0.4, -0.2) is 17.9 Å². The molecule has 0 aliphatic heterocycles. The minimum absolute atomic E-state index is 0.404. The molecular formula is C15H17NO2. The van der Waals surface area contributed by atoms with Crippen molar-refractivity contribution in [3.8, 4) is 16.9 Å². The van der Waals surface area contributed by atoms with Gasteiger partial charge >= 0.3 is 0 Å². The molecule has 18 heavy (non-hydrogen) atoms. The molecule has 0 spiro atoms. The third-order valence-corrected chi connectivity index (χ3v) is 2.64. The highest BCUT2D eigenvalue weighted by atomic mass is 16.5. The summed E-state index contributed by atoms with van der Waals surface area (Å²) >= 11 is 0. The molecule has 2 aromatic rings. The van der Waals surface area contributed by atoms with Crippen molar-refractivity contribution in [1.29, 1.82) is 0 Å². The average Bonchev–Trinajstić information content (AvgIpc) is 2.40. The van der Waals surface area contributed by atoms with Gasteiger partial charge < -0.3 is 15.6 Å². The molecule has 3 heteroatoms. The first-order valence-corrected chi connectivity index (χ1v) is 5.98. The molecule has 1 unspecified atom stereocenters. The van der Waals surface area contributed by atoms with Crippen LogP contribution >= 0.6 is 0 Å². The Bertz CT molecular complexity index is 483. The lowest BCUT2D eigenvalue weighted by Gasteiger charge is -2.12. The molecule has 0 fully saturated rings. The summed E-state index contributed by atoms with van der Waals surface area (Å²) in [4.78, 5) is 0. The van der Waals surface area contributed by atoms with Gasteiger partial charge in [0, 0.05) is 12.0 Å². The molecule has 0 heterocycles. The zero-order valence-electron chi connectivity index (χ0n) is 10.1. The summed E-state index contributed by atoms with van der Waals surface area (Å²) in [5, 5.41) is 9.01. The smallest absolute Gasteiger partial charge is 0.127 e. The van der Waals surface area contributed by atoms with Crippen molar-refractivity contribution in [3.63, 3.8) is 0 Å². The van der Waals surface area contributed by atoms with E-state index in [4.69, 9.17) is 15.6 Å². The fourth-order valence-corrected chi connectivity index (χ4v) is 1.74. The normalized spacial score (nSPS) is 12.1. The number of para-hydroxylation sites is 1. The highest BCUT2D eigenvalue weighted by molar-refractivity contribution is 5.70. The molecule has 3 nitrogen and oxygen atoms in total. The van der Waals surface area contributed by atoms with Crippen LogP contribution in [0.25, 0.3) is 11.1 Å². The molecule has 2 rings (SSSR count). The molecule has 1 atom stereocenters. The van der Waals surface area contributed by atoms with Gasteiger partial charge in [-0.2, -0.15) is 0 Å². The number of nitrogens with two attached hydrogens (primary N) is 1. The summed E-state index contributed by atoms with van der Waals surface area (Å²) in [6.45, 7) is 0.404. The van der Waals surface area contributed by atoms with Crippen LogP contribution in [0.3, 0.4) is 0 Å². The van der Waals surface area contributed by atoms with Crippen molar-refractivity contribution in [2.75, 3.05) is 6.61 Å². The number of aliphatic hydroxyl groups is 1. The van der Waals surface area contributed by atoms with Crippen LogP contribution in [0.2, 0.25) is 0 Å². The molecular weight excluding hydrogens is 226 g/mol. The number of benzene rings is 2. The van der Waals surface area contributed by atoms with Gasteiger partial charge in [0.15, 0.2) is 0 Å². The first kappa shape index (κ1) is 12.6. The van der Waals surface area contributed by atoms with E-state index in [9.17, 15) is 0 Å². The standard InChI is InChI=1S/C15H17NO2/c16-15(17)10-11-18-14-9-5-4-8-13(14)12-6-2-1-3-7-12/h1-9,15,17H,10-11,16H2. The lowest BCUT2D eigenvalue weighted by atomic mass is 10.1. The molecule has 0 aliphatic carbocycles. The third kappa shape index (κ3) is 3.32. The SMILES string of the molecule is NC(O)CCOc1ccccc1-c1ccccc1. The van der Waals surface area contributed by atoms with Crippen molar-refractivity contribution < 1.29 is 9.84 Å². The van der Waals surface area contributed by atoms with Crippen molar-refractivity contribution >= 4 is 0 Å². The van der Waals surface area contributed by atoms with Gasteiger partial charge in [0.05, 0.1) is 6.61 Å². The second kappa shape index (κ2) is 6.19. The van der Waals surface area contributed by atoms with E-state index in [0.717, 1.165) is 16.9 Å². The second-order valence-corrected chi connectivity index (χ2v) is 4.07. The summed E-state index contributed by atoms with van der Waals surface area (Å²) in [5.41, 5.74) is 7.44. The van der Waals surface area contributed by atoms with Gasteiger partial charge in [-0.05, 0) is 11.6 Å². The predicted octanol–water partition coefficient (Wildman–Crippen LogP) is 2.40. The Hall–Kier alpha value is -1.84. The van der Waals surface area contributed by atoms with E-state index in [0.29, 0.717) is 13.0 Å². The second-order valence-electron chi connectivity index (χ2n) is 4.07. The maximum Gasteiger partial charge on any atom is 0.127 e. The van der Waals surface area contributed by atoms with Crippen LogP contribution in [0.4, 0.5) is 0 Å². The Morgan fingerprint density at radius 3 is 2.39 bits per heavy atom. The van der Waals surface area contributed by atoms with Crippen LogP contribution < -0.4 is 10.5 Å². The largest absolute Gasteiger partial charge is 0.493 e. The first-order chi connectivity index (χ1) is 8.77. The van der Waals surface area contributed by atoms with Crippen molar-refractivity contribution in [1.82, 2.24) is 0 Å². The minimum Gasteiger partial charge on any atom is -0.493 e. The van der Waals surface area contributed by atoms with Gasteiger partial charge in [0.1, 0.15) is 12.0 Å². The maximum atomic E-state index is 9.01. The molecule has 0 bridgehead atoms. The molecule has 2 aromatic carbocycles.